The van der Waals surface area contributed by atoms with Gasteiger partial charge in [0.05, 0.1) is 0 Å². The van der Waals surface area contributed by atoms with E-state index in [1.807, 2.05) is 110 Å². The predicted molar refractivity (Wildman–Crippen MR) is 136 cm³/mol. The monoisotopic (exact) mass is 542 g/mol. The maximum absolute atomic E-state index is 4.22. The van der Waals surface area contributed by atoms with E-state index in [0.717, 1.165) is 49.0 Å². The van der Waals surface area contributed by atoms with Gasteiger partial charge in [-0.1, -0.05) is 84.9 Å². The molecular weight excluding hydrogens is 512 g/mol. The molecule has 0 spiro atoms. The van der Waals surface area contributed by atoms with E-state index in [2.05, 4.69) is 43.8 Å². The molecule has 0 aliphatic carbocycles. The smallest absolute Gasteiger partial charge is 0.667 e. The molecule has 0 radical (unpaired) electrons. The normalized spacial score (nSPS) is 10.2. The van der Waals surface area contributed by atoms with Gasteiger partial charge in [-0.3, -0.25) is 0 Å². The van der Waals surface area contributed by atoms with Gasteiger partial charge in [-0.05, 0) is 14.1 Å². The van der Waals surface area contributed by atoms with Crippen molar-refractivity contribution in [2.75, 3.05) is 14.1 Å². The predicted octanol–water partition coefficient (Wildman–Crippen LogP) is 4.15. The third-order valence-corrected chi connectivity index (χ3v) is 4.85. The number of aromatic nitrogens is 4. The van der Waals surface area contributed by atoms with Gasteiger partial charge in [0.25, 0.3) is 0 Å². The van der Waals surface area contributed by atoms with Gasteiger partial charge < -0.3 is 29.7 Å². The van der Waals surface area contributed by atoms with Gasteiger partial charge in [0, 0.05) is 26.2 Å². The van der Waals surface area contributed by atoms with Crippen LogP contribution in [0.15, 0.2) is 110 Å². The maximum Gasteiger partial charge on any atom is 4.00 e. The Morgan fingerprint density at radius 2 is 0.657 bits per heavy atom. The van der Waals surface area contributed by atoms with E-state index in [9.17, 15) is 0 Å². The zero-order valence-corrected chi connectivity index (χ0v) is 22.9. The summed E-state index contributed by atoms with van der Waals surface area (Å²) in [6.45, 7) is 3.50. The first kappa shape index (κ1) is 28.4. The number of hydrogen-bond acceptors (Lipinski definition) is 2. The van der Waals surface area contributed by atoms with Crippen molar-refractivity contribution in [1.29, 1.82) is 0 Å². The van der Waals surface area contributed by atoms with Crippen LogP contribution in [0.4, 0.5) is 0 Å². The van der Waals surface area contributed by atoms with Crippen LogP contribution in [-0.2, 0) is 52.4 Å². The second kappa shape index (κ2) is 16.7. The van der Waals surface area contributed by atoms with Crippen molar-refractivity contribution in [2.45, 2.75) is 26.2 Å². The number of hydrogen-bond donors (Lipinski definition) is 0. The molecule has 0 bridgehead atoms. The van der Waals surface area contributed by atoms with Crippen LogP contribution in [0, 0.1) is 0 Å². The third-order valence-electron chi connectivity index (χ3n) is 4.85. The molecule has 0 aliphatic heterocycles. The molecule has 4 heterocycles. The van der Waals surface area contributed by atoms with Crippen LogP contribution in [0.5, 0.6) is 0 Å². The van der Waals surface area contributed by atoms with Crippen LogP contribution in [0.2, 0.25) is 0 Å². The summed E-state index contributed by atoms with van der Waals surface area (Å²) in [6.07, 6.45) is 7.29. The molecule has 0 aliphatic rings. The second-order valence-corrected chi connectivity index (χ2v) is 8.01. The molecular formula is C28H32N6Zr. The molecule has 7 heteroatoms. The molecule has 0 N–H and O–H groups in total. The molecule has 6 nitrogen and oxygen atoms in total. The Morgan fingerprint density at radius 1 is 0.429 bits per heavy atom. The summed E-state index contributed by atoms with van der Waals surface area (Å²) in [5.41, 5.74) is 4.44. The van der Waals surface area contributed by atoms with E-state index in [4.69, 9.17) is 0 Å². The largest absolute Gasteiger partial charge is 4.00 e. The molecule has 1 aromatic carbocycles. The first-order valence-corrected chi connectivity index (χ1v) is 11.3. The quantitative estimate of drug-likeness (QED) is 0.293. The molecule has 0 fully saturated rings. The molecule has 178 valence electrons. The fraction of sp³-hybridized carbons (Fsp3) is 0.214. The Hall–Kier alpha value is -2.86. The zero-order chi connectivity index (χ0) is 23.8. The third kappa shape index (κ3) is 11.9. The van der Waals surface area contributed by atoms with Gasteiger partial charge in [-0.15, -0.1) is 22.8 Å². The summed E-state index contributed by atoms with van der Waals surface area (Å²) in [6, 6.07) is 28.0. The van der Waals surface area contributed by atoms with Crippen LogP contribution in [0.25, 0.3) is 0 Å². The molecule has 4 aromatic heterocycles. The van der Waals surface area contributed by atoms with E-state index in [1.165, 1.54) is 0 Å². The van der Waals surface area contributed by atoms with Crippen LogP contribution in [-0.4, -0.2) is 23.9 Å². The van der Waals surface area contributed by atoms with Crippen molar-refractivity contribution in [3.8, 4) is 0 Å². The Morgan fingerprint density at radius 3 is 0.829 bits per heavy atom. The van der Waals surface area contributed by atoms with E-state index in [1.54, 1.807) is 0 Å². The van der Waals surface area contributed by atoms with Gasteiger partial charge in [-0.2, -0.15) is 24.8 Å². The Kier molecular flexibility index (Phi) is 13.6. The summed E-state index contributed by atoms with van der Waals surface area (Å²) in [5, 5.41) is 0. The minimum absolute atomic E-state index is 0. The van der Waals surface area contributed by atoms with Crippen molar-refractivity contribution in [3.05, 3.63) is 132 Å². The summed E-state index contributed by atoms with van der Waals surface area (Å²) in [4.78, 5) is 21.3. The molecule has 0 saturated carbocycles. The summed E-state index contributed by atoms with van der Waals surface area (Å²) < 4.78 is 0. The van der Waals surface area contributed by atoms with Crippen molar-refractivity contribution in [1.82, 2.24) is 29.7 Å². The fourth-order valence-electron chi connectivity index (χ4n) is 3.32. The summed E-state index contributed by atoms with van der Waals surface area (Å²) in [5.74, 6) is 0. The number of benzene rings is 1. The average molecular weight is 544 g/mol. The average Bonchev–Trinajstić information content (AvgIpc) is 3.65. The number of nitrogens with zero attached hydrogens (tertiary/aromatic N) is 6. The van der Waals surface area contributed by atoms with Crippen LogP contribution in [0.3, 0.4) is 0 Å². The zero-order valence-electron chi connectivity index (χ0n) is 20.4. The first-order valence-electron chi connectivity index (χ1n) is 11.3. The van der Waals surface area contributed by atoms with Gasteiger partial charge in [0.15, 0.2) is 0 Å². The summed E-state index contributed by atoms with van der Waals surface area (Å²) in [7, 11) is 4.15. The van der Waals surface area contributed by atoms with E-state index in [0.29, 0.717) is 0 Å². The number of rotatable bonds is 8. The van der Waals surface area contributed by atoms with Crippen molar-refractivity contribution < 1.29 is 26.2 Å². The van der Waals surface area contributed by atoms with E-state index >= 15 is 0 Å². The molecule has 0 atom stereocenters. The molecule has 5 rings (SSSR count). The van der Waals surface area contributed by atoms with Gasteiger partial charge in [0.1, 0.15) is 0 Å². The van der Waals surface area contributed by atoms with Crippen LogP contribution in [0.1, 0.15) is 22.8 Å². The Labute approximate surface area is 227 Å². The topological polar surface area (TPSA) is 62.9 Å². The first-order chi connectivity index (χ1) is 16.7. The van der Waals surface area contributed by atoms with Crippen LogP contribution < -0.4 is 19.9 Å². The minimum atomic E-state index is 0. The van der Waals surface area contributed by atoms with Crippen molar-refractivity contribution >= 4 is 0 Å². The standard InChI is InChI=1S/2C11H13N3.C6H6.Zr/c2*1-14(8-10-4-2-6-12-10)9-11-5-3-7-13-11;1-2-4-6-5-3-1;/h2*2-7H,8-9H2,1H3;1-6H;/q2*-2;;+4. The molecule has 35 heavy (non-hydrogen) atoms. The molecule has 0 amide bonds. The Balaban J connectivity index is 0.000000196. The van der Waals surface area contributed by atoms with Crippen LogP contribution >= 0.6 is 0 Å². The second-order valence-electron chi connectivity index (χ2n) is 8.01. The Bertz CT molecular complexity index is 899. The molecule has 0 unspecified atom stereocenters. The van der Waals surface area contributed by atoms with E-state index < -0.39 is 0 Å². The summed E-state index contributed by atoms with van der Waals surface area (Å²) >= 11 is 0. The van der Waals surface area contributed by atoms with Crippen molar-refractivity contribution in [2.24, 2.45) is 0 Å². The van der Waals surface area contributed by atoms with Gasteiger partial charge >= 0.3 is 26.2 Å². The molecule has 5 aromatic rings. The van der Waals surface area contributed by atoms with Crippen molar-refractivity contribution in [3.63, 3.8) is 0 Å². The molecule has 0 saturated heterocycles. The van der Waals surface area contributed by atoms with Gasteiger partial charge in [0.2, 0.25) is 0 Å². The van der Waals surface area contributed by atoms with Gasteiger partial charge in [-0.25, -0.2) is 0 Å². The maximum atomic E-state index is 4.22. The minimum Gasteiger partial charge on any atom is -0.667 e. The SMILES string of the molecule is CN(Cc1ccc[n-]1)Cc1ccc[n-]1.CN(Cc1ccc[n-]1)Cc1ccc[n-]1.[Zr+4].c1ccccc1. The van der Waals surface area contributed by atoms with E-state index in [-0.39, 0.29) is 26.2 Å². The fourth-order valence-corrected chi connectivity index (χ4v) is 3.32.